The van der Waals surface area contributed by atoms with Crippen LogP contribution in [0.2, 0.25) is 0 Å². The van der Waals surface area contributed by atoms with Gasteiger partial charge in [0.05, 0.1) is 6.04 Å². The smallest absolute Gasteiger partial charge is 0.243 e. The Kier molecular flexibility index (Phi) is 4.44. The first-order valence-electron chi connectivity index (χ1n) is 7.05. The number of amides is 1. The number of carbonyl (C=O) groups is 1. The second kappa shape index (κ2) is 6.50. The molecule has 22 heavy (non-hydrogen) atoms. The zero-order valence-corrected chi connectivity index (χ0v) is 12.6. The summed E-state index contributed by atoms with van der Waals surface area (Å²) in [7, 11) is 0. The molecule has 2 N–H and O–H groups in total. The highest BCUT2D eigenvalue weighted by atomic mass is 32.1. The highest BCUT2D eigenvalue weighted by molar-refractivity contribution is 7.15. The highest BCUT2D eigenvalue weighted by Gasteiger charge is 2.22. The molecule has 116 valence electrons. The number of carbonyl (C=O) groups excluding carboxylic acids is 1. The lowest BCUT2D eigenvalue weighted by molar-refractivity contribution is -0.117. The maximum atomic E-state index is 13.2. The van der Waals surface area contributed by atoms with Crippen molar-refractivity contribution in [3.8, 4) is 0 Å². The van der Waals surface area contributed by atoms with Crippen molar-refractivity contribution in [3.05, 3.63) is 46.5 Å². The number of benzene rings is 1. The number of anilines is 1. The summed E-state index contributed by atoms with van der Waals surface area (Å²) in [6.45, 7) is 0.858. The molecule has 0 aliphatic carbocycles. The molecule has 7 heteroatoms. The van der Waals surface area contributed by atoms with E-state index in [1.165, 1.54) is 17.4 Å². The molecule has 1 aliphatic heterocycles. The van der Waals surface area contributed by atoms with E-state index in [9.17, 15) is 13.6 Å². The van der Waals surface area contributed by atoms with Crippen molar-refractivity contribution in [2.24, 2.45) is 0 Å². The fourth-order valence-electron chi connectivity index (χ4n) is 2.40. The van der Waals surface area contributed by atoms with E-state index < -0.39 is 11.6 Å². The number of nitrogens with zero attached hydrogens (tertiary/aromatic N) is 1. The van der Waals surface area contributed by atoms with Gasteiger partial charge in [-0.05, 0) is 37.1 Å². The van der Waals surface area contributed by atoms with Gasteiger partial charge in [-0.15, -0.1) is 11.3 Å². The SMILES string of the molecule is O=C(Nc1ncc(Cc2ccc(F)c(F)c2)s1)C1CCCN1. The summed E-state index contributed by atoms with van der Waals surface area (Å²) in [6, 6.07) is 3.67. The van der Waals surface area contributed by atoms with Gasteiger partial charge in [0.25, 0.3) is 0 Å². The minimum atomic E-state index is -0.858. The van der Waals surface area contributed by atoms with Gasteiger partial charge in [0.1, 0.15) is 0 Å². The van der Waals surface area contributed by atoms with E-state index in [4.69, 9.17) is 0 Å². The number of halogens is 2. The van der Waals surface area contributed by atoms with Crippen LogP contribution in [-0.2, 0) is 11.2 Å². The van der Waals surface area contributed by atoms with Crippen LogP contribution in [0.25, 0.3) is 0 Å². The highest BCUT2D eigenvalue weighted by Crippen LogP contribution is 2.22. The van der Waals surface area contributed by atoms with Crippen molar-refractivity contribution < 1.29 is 13.6 Å². The third kappa shape index (κ3) is 3.48. The summed E-state index contributed by atoms with van der Waals surface area (Å²) < 4.78 is 26.1. The Hall–Kier alpha value is -1.86. The van der Waals surface area contributed by atoms with Gasteiger partial charge in [-0.3, -0.25) is 4.79 Å². The summed E-state index contributed by atoms with van der Waals surface area (Å²) in [4.78, 5) is 17.0. The third-order valence-electron chi connectivity index (χ3n) is 3.52. The minimum Gasteiger partial charge on any atom is -0.306 e. The van der Waals surface area contributed by atoms with Crippen LogP contribution < -0.4 is 10.6 Å². The topological polar surface area (TPSA) is 54.0 Å². The molecule has 2 heterocycles. The number of hydrogen-bond acceptors (Lipinski definition) is 4. The van der Waals surface area contributed by atoms with Gasteiger partial charge in [0, 0.05) is 17.5 Å². The fraction of sp³-hybridized carbons (Fsp3) is 0.333. The summed E-state index contributed by atoms with van der Waals surface area (Å²) in [5.41, 5.74) is 0.665. The van der Waals surface area contributed by atoms with Crippen LogP contribution >= 0.6 is 11.3 Å². The molecule has 1 saturated heterocycles. The van der Waals surface area contributed by atoms with Crippen molar-refractivity contribution in [2.75, 3.05) is 11.9 Å². The Morgan fingerprint density at radius 2 is 2.27 bits per heavy atom. The monoisotopic (exact) mass is 323 g/mol. The van der Waals surface area contributed by atoms with E-state index in [0.29, 0.717) is 17.1 Å². The molecule has 1 amide bonds. The number of thiazole rings is 1. The van der Waals surface area contributed by atoms with Crippen molar-refractivity contribution in [1.29, 1.82) is 0 Å². The van der Waals surface area contributed by atoms with Gasteiger partial charge in [0.2, 0.25) is 5.91 Å². The summed E-state index contributed by atoms with van der Waals surface area (Å²) >= 11 is 1.34. The predicted octanol–water partition coefficient (Wildman–Crippen LogP) is 2.70. The van der Waals surface area contributed by atoms with Crippen LogP contribution in [0.15, 0.2) is 24.4 Å². The zero-order chi connectivity index (χ0) is 15.5. The van der Waals surface area contributed by atoms with Gasteiger partial charge in [-0.1, -0.05) is 6.07 Å². The normalized spacial score (nSPS) is 17.6. The molecule has 0 saturated carbocycles. The molecule has 1 aromatic carbocycles. The third-order valence-corrected chi connectivity index (χ3v) is 4.44. The molecule has 1 unspecified atom stereocenters. The lowest BCUT2D eigenvalue weighted by Crippen LogP contribution is -2.35. The van der Waals surface area contributed by atoms with E-state index in [2.05, 4.69) is 15.6 Å². The Balaban J connectivity index is 1.63. The molecular weight excluding hydrogens is 308 g/mol. The lowest BCUT2D eigenvalue weighted by Gasteiger charge is -2.08. The summed E-state index contributed by atoms with van der Waals surface area (Å²) in [6.07, 6.45) is 3.92. The fourth-order valence-corrected chi connectivity index (χ4v) is 3.25. The van der Waals surface area contributed by atoms with Gasteiger partial charge in [0.15, 0.2) is 16.8 Å². The summed E-state index contributed by atoms with van der Waals surface area (Å²) in [5.74, 6) is -1.79. The van der Waals surface area contributed by atoms with Crippen molar-refractivity contribution >= 4 is 22.4 Å². The molecule has 0 bridgehead atoms. The first kappa shape index (κ1) is 15.1. The Labute approximate surface area is 130 Å². The molecular formula is C15H15F2N3OS. The van der Waals surface area contributed by atoms with E-state index in [-0.39, 0.29) is 11.9 Å². The molecule has 2 aromatic rings. The maximum Gasteiger partial charge on any atom is 0.243 e. The molecule has 0 spiro atoms. The number of hydrogen-bond donors (Lipinski definition) is 2. The average Bonchev–Trinajstić information content (AvgIpc) is 3.15. The van der Waals surface area contributed by atoms with Crippen LogP contribution in [0, 0.1) is 11.6 Å². The van der Waals surface area contributed by atoms with Crippen LogP contribution in [-0.4, -0.2) is 23.5 Å². The van der Waals surface area contributed by atoms with Gasteiger partial charge in [-0.2, -0.15) is 0 Å². The van der Waals surface area contributed by atoms with Gasteiger partial charge in [-0.25, -0.2) is 13.8 Å². The first-order valence-corrected chi connectivity index (χ1v) is 7.86. The zero-order valence-electron chi connectivity index (χ0n) is 11.7. The number of rotatable bonds is 4. The maximum absolute atomic E-state index is 13.2. The molecule has 4 nitrogen and oxygen atoms in total. The standard InChI is InChI=1S/C15H15F2N3OS/c16-11-4-3-9(7-12(11)17)6-10-8-19-15(22-10)20-14(21)13-2-1-5-18-13/h3-4,7-8,13,18H,1-2,5-6H2,(H,19,20,21). The largest absolute Gasteiger partial charge is 0.306 e. The van der Waals surface area contributed by atoms with E-state index >= 15 is 0 Å². The Bertz CT molecular complexity index is 683. The molecule has 1 atom stereocenters. The molecule has 1 aromatic heterocycles. The Morgan fingerprint density at radius 1 is 1.41 bits per heavy atom. The quantitative estimate of drug-likeness (QED) is 0.909. The van der Waals surface area contributed by atoms with Crippen molar-refractivity contribution in [1.82, 2.24) is 10.3 Å². The lowest BCUT2D eigenvalue weighted by atomic mass is 10.1. The molecule has 0 radical (unpaired) electrons. The van der Waals surface area contributed by atoms with Gasteiger partial charge >= 0.3 is 0 Å². The van der Waals surface area contributed by atoms with E-state index in [1.54, 1.807) is 12.3 Å². The first-order chi connectivity index (χ1) is 10.6. The average molecular weight is 323 g/mol. The molecule has 1 fully saturated rings. The van der Waals surface area contributed by atoms with Crippen LogP contribution in [0.1, 0.15) is 23.3 Å². The van der Waals surface area contributed by atoms with Crippen LogP contribution in [0.3, 0.4) is 0 Å². The van der Waals surface area contributed by atoms with Gasteiger partial charge < -0.3 is 10.6 Å². The number of nitrogens with one attached hydrogen (secondary N) is 2. The number of aromatic nitrogens is 1. The van der Waals surface area contributed by atoms with E-state index in [0.717, 1.165) is 30.3 Å². The van der Waals surface area contributed by atoms with Crippen LogP contribution in [0.5, 0.6) is 0 Å². The molecule has 3 rings (SSSR count). The van der Waals surface area contributed by atoms with Crippen molar-refractivity contribution in [2.45, 2.75) is 25.3 Å². The predicted molar refractivity (Wildman–Crippen MR) is 80.9 cm³/mol. The van der Waals surface area contributed by atoms with E-state index in [1.807, 2.05) is 0 Å². The second-order valence-electron chi connectivity index (χ2n) is 5.20. The minimum absolute atomic E-state index is 0.0776. The second-order valence-corrected chi connectivity index (χ2v) is 6.31. The summed E-state index contributed by atoms with van der Waals surface area (Å²) in [5, 5.41) is 6.43. The Morgan fingerprint density at radius 3 is 3.00 bits per heavy atom. The molecule has 1 aliphatic rings. The van der Waals surface area contributed by atoms with Crippen molar-refractivity contribution in [3.63, 3.8) is 0 Å². The van der Waals surface area contributed by atoms with Crippen LogP contribution in [0.4, 0.5) is 13.9 Å².